The molecule has 0 saturated carbocycles. The van der Waals surface area contributed by atoms with Crippen molar-refractivity contribution in [1.82, 2.24) is 4.31 Å². The lowest BCUT2D eigenvalue weighted by atomic mass is 9.97. The van der Waals surface area contributed by atoms with Crippen LogP contribution in [-0.4, -0.2) is 45.8 Å². The number of carbonyl (C=O) groups is 1. The van der Waals surface area contributed by atoms with Crippen molar-refractivity contribution in [3.63, 3.8) is 0 Å². The molecule has 2 aromatic carbocycles. The number of amides is 1. The van der Waals surface area contributed by atoms with Gasteiger partial charge in [0.15, 0.2) is 0 Å². The summed E-state index contributed by atoms with van der Waals surface area (Å²) in [5.41, 5.74) is 2.53. The molecule has 1 fully saturated rings. The average molecular weight is 436 g/mol. The van der Waals surface area contributed by atoms with Crippen LogP contribution in [0.4, 0.5) is 11.4 Å². The van der Waals surface area contributed by atoms with Crippen molar-refractivity contribution in [2.75, 3.05) is 37.4 Å². The number of benzene rings is 2. The van der Waals surface area contributed by atoms with Gasteiger partial charge in [-0.15, -0.1) is 0 Å². The van der Waals surface area contributed by atoms with Gasteiger partial charge in [-0.05, 0) is 50.1 Å². The fourth-order valence-corrected chi connectivity index (χ4v) is 5.09. The molecule has 0 aliphatic carbocycles. The van der Waals surface area contributed by atoms with Gasteiger partial charge in [-0.1, -0.05) is 29.3 Å². The third kappa shape index (κ3) is 4.91. The van der Waals surface area contributed by atoms with Crippen molar-refractivity contribution >= 4 is 38.9 Å². The lowest BCUT2D eigenvalue weighted by Crippen LogP contribution is -2.41. The predicted molar refractivity (Wildman–Crippen MR) is 117 cm³/mol. The Morgan fingerprint density at radius 1 is 1.10 bits per heavy atom. The van der Waals surface area contributed by atoms with E-state index in [1.165, 1.54) is 4.31 Å². The van der Waals surface area contributed by atoms with E-state index in [1.807, 2.05) is 32.0 Å². The number of nitrogens with zero attached hydrogens (tertiary/aromatic N) is 2. The van der Waals surface area contributed by atoms with Crippen molar-refractivity contribution in [2.45, 2.75) is 24.7 Å². The van der Waals surface area contributed by atoms with Gasteiger partial charge in [0.1, 0.15) is 0 Å². The maximum atomic E-state index is 12.8. The first-order chi connectivity index (χ1) is 13.7. The van der Waals surface area contributed by atoms with E-state index in [4.69, 9.17) is 11.6 Å². The zero-order valence-electron chi connectivity index (χ0n) is 16.9. The summed E-state index contributed by atoms with van der Waals surface area (Å²) in [5, 5.41) is 3.51. The predicted octanol–water partition coefficient (Wildman–Crippen LogP) is 3.75. The molecule has 2 aromatic rings. The van der Waals surface area contributed by atoms with Crippen LogP contribution >= 0.6 is 11.6 Å². The summed E-state index contributed by atoms with van der Waals surface area (Å²) in [6.07, 6.45) is 0.962. The quantitative estimate of drug-likeness (QED) is 0.776. The van der Waals surface area contributed by atoms with Crippen LogP contribution in [0.3, 0.4) is 0 Å². The molecular formula is C21H26ClN3O3S. The summed E-state index contributed by atoms with van der Waals surface area (Å²) in [5.74, 6) is -0.351. The van der Waals surface area contributed by atoms with Crippen molar-refractivity contribution in [1.29, 1.82) is 0 Å². The molecule has 1 N–H and O–H groups in total. The number of carbonyl (C=O) groups excluding carboxylic acids is 1. The number of nitrogens with one attached hydrogen (secondary N) is 1. The molecule has 1 amide bonds. The third-order valence-electron chi connectivity index (χ3n) is 5.18. The minimum absolute atomic E-state index is 0.109. The van der Waals surface area contributed by atoms with Crippen LogP contribution in [0.1, 0.15) is 18.4 Å². The normalized spacial score (nSPS) is 15.9. The standard InChI is InChI=1S/C21H26ClN3O3S/c1-15-4-7-18(8-5-15)29(27,28)25-12-10-16(11-13-25)21(26)23-19-14-17(22)6-9-20(19)24(2)3/h4-9,14,16H,10-13H2,1-3H3,(H,23,26). The van der Waals surface area contributed by atoms with E-state index < -0.39 is 10.0 Å². The maximum Gasteiger partial charge on any atom is 0.243 e. The molecule has 0 unspecified atom stereocenters. The molecule has 0 radical (unpaired) electrons. The number of halogens is 1. The molecule has 1 heterocycles. The van der Waals surface area contributed by atoms with Crippen molar-refractivity contribution in [3.8, 4) is 0 Å². The van der Waals surface area contributed by atoms with E-state index in [-0.39, 0.29) is 11.8 Å². The summed E-state index contributed by atoms with van der Waals surface area (Å²) in [6.45, 7) is 2.57. The van der Waals surface area contributed by atoms with Crippen LogP contribution in [0.5, 0.6) is 0 Å². The highest BCUT2D eigenvalue weighted by atomic mass is 35.5. The van der Waals surface area contributed by atoms with E-state index in [0.717, 1.165) is 11.3 Å². The monoisotopic (exact) mass is 435 g/mol. The molecule has 1 aliphatic rings. The highest BCUT2D eigenvalue weighted by Gasteiger charge is 2.32. The number of aryl methyl sites for hydroxylation is 1. The van der Waals surface area contributed by atoms with Crippen molar-refractivity contribution in [3.05, 3.63) is 53.1 Å². The van der Waals surface area contributed by atoms with Crippen molar-refractivity contribution in [2.24, 2.45) is 5.92 Å². The molecule has 6 nitrogen and oxygen atoms in total. The molecule has 0 aromatic heterocycles. The molecule has 3 rings (SSSR count). The van der Waals surface area contributed by atoms with E-state index in [1.54, 1.807) is 36.4 Å². The molecule has 1 saturated heterocycles. The zero-order chi connectivity index (χ0) is 21.2. The van der Waals surface area contributed by atoms with Gasteiger partial charge in [0.2, 0.25) is 15.9 Å². The van der Waals surface area contributed by atoms with E-state index in [0.29, 0.717) is 41.5 Å². The van der Waals surface area contributed by atoms with Crippen LogP contribution in [0.2, 0.25) is 5.02 Å². The Balaban J connectivity index is 1.66. The Kier molecular flexibility index (Phi) is 6.51. The summed E-state index contributed by atoms with van der Waals surface area (Å²) in [4.78, 5) is 15.0. The van der Waals surface area contributed by atoms with Gasteiger partial charge in [-0.2, -0.15) is 4.31 Å². The van der Waals surface area contributed by atoms with Crippen LogP contribution in [-0.2, 0) is 14.8 Å². The molecule has 8 heteroatoms. The van der Waals surface area contributed by atoms with Gasteiger partial charge < -0.3 is 10.2 Å². The van der Waals surface area contributed by atoms with Crippen LogP contribution in [0, 0.1) is 12.8 Å². The SMILES string of the molecule is Cc1ccc(S(=O)(=O)N2CCC(C(=O)Nc3cc(Cl)ccc3N(C)C)CC2)cc1. The largest absolute Gasteiger partial charge is 0.376 e. The lowest BCUT2D eigenvalue weighted by Gasteiger charge is -2.31. The fourth-order valence-electron chi connectivity index (χ4n) is 3.45. The second kappa shape index (κ2) is 8.73. The van der Waals surface area contributed by atoms with E-state index >= 15 is 0 Å². The molecule has 29 heavy (non-hydrogen) atoms. The van der Waals surface area contributed by atoms with Gasteiger partial charge >= 0.3 is 0 Å². The van der Waals surface area contributed by atoms with Crippen LogP contribution in [0.15, 0.2) is 47.4 Å². The number of rotatable bonds is 5. The summed E-state index contributed by atoms with van der Waals surface area (Å²) in [6, 6.07) is 12.2. The number of sulfonamides is 1. The Bertz CT molecular complexity index is 983. The smallest absolute Gasteiger partial charge is 0.243 e. The lowest BCUT2D eigenvalue weighted by molar-refractivity contribution is -0.120. The Hall–Kier alpha value is -2.09. The van der Waals surface area contributed by atoms with Gasteiger partial charge in [-0.25, -0.2) is 8.42 Å². The fraction of sp³-hybridized carbons (Fsp3) is 0.381. The third-order valence-corrected chi connectivity index (χ3v) is 7.33. The first kappa shape index (κ1) is 21.6. The molecule has 0 spiro atoms. The average Bonchev–Trinajstić information content (AvgIpc) is 2.68. The second-order valence-corrected chi connectivity index (χ2v) is 9.91. The Morgan fingerprint density at radius 3 is 2.31 bits per heavy atom. The van der Waals surface area contributed by atoms with E-state index in [2.05, 4.69) is 5.32 Å². The Labute approximate surface area is 177 Å². The maximum absolute atomic E-state index is 12.8. The molecule has 0 atom stereocenters. The minimum atomic E-state index is -3.53. The number of hydrogen-bond acceptors (Lipinski definition) is 4. The van der Waals surface area contributed by atoms with Crippen molar-refractivity contribution < 1.29 is 13.2 Å². The highest BCUT2D eigenvalue weighted by Crippen LogP contribution is 2.30. The van der Waals surface area contributed by atoms with Gasteiger partial charge in [0.05, 0.1) is 16.3 Å². The molecule has 156 valence electrons. The minimum Gasteiger partial charge on any atom is -0.376 e. The van der Waals surface area contributed by atoms with Gasteiger partial charge in [0, 0.05) is 38.1 Å². The first-order valence-electron chi connectivity index (χ1n) is 9.53. The van der Waals surface area contributed by atoms with Gasteiger partial charge in [-0.3, -0.25) is 4.79 Å². The first-order valence-corrected chi connectivity index (χ1v) is 11.3. The second-order valence-electron chi connectivity index (χ2n) is 7.54. The summed E-state index contributed by atoms with van der Waals surface area (Å²) < 4.78 is 27.1. The molecular weight excluding hydrogens is 410 g/mol. The number of hydrogen-bond donors (Lipinski definition) is 1. The Morgan fingerprint density at radius 2 is 1.72 bits per heavy atom. The van der Waals surface area contributed by atoms with Crippen LogP contribution < -0.4 is 10.2 Å². The van der Waals surface area contributed by atoms with E-state index in [9.17, 15) is 13.2 Å². The highest BCUT2D eigenvalue weighted by molar-refractivity contribution is 7.89. The summed E-state index contributed by atoms with van der Waals surface area (Å²) in [7, 11) is 0.259. The zero-order valence-corrected chi connectivity index (χ0v) is 18.4. The topological polar surface area (TPSA) is 69.7 Å². The molecule has 0 bridgehead atoms. The van der Waals surface area contributed by atoms with Gasteiger partial charge in [0.25, 0.3) is 0 Å². The van der Waals surface area contributed by atoms with Crippen LogP contribution in [0.25, 0.3) is 0 Å². The number of anilines is 2. The number of piperidine rings is 1. The summed E-state index contributed by atoms with van der Waals surface area (Å²) >= 11 is 6.08. The molecule has 1 aliphatic heterocycles.